The average Bonchev–Trinajstić information content (AvgIpc) is 3.45. The van der Waals surface area contributed by atoms with Gasteiger partial charge >= 0.3 is 0 Å². The highest BCUT2D eigenvalue weighted by Crippen LogP contribution is 2.36. The number of aliphatic imine (C=N–C) groups is 1. The maximum absolute atomic E-state index is 12.7. The number of hydrogen-bond acceptors (Lipinski definition) is 8. The third kappa shape index (κ3) is 2.99. The van der Waals surface area contributed by atoms with E-state index < -0.39 is 0 Å². The third-order valence-electron chi connectivity index (χ3n) is 5.22. The molecule has 5 rings (SSSR count). The van der Waals surface area contributed by atoms with Crippen molar-refractivity contribution in [2.24, 2.45) is 4.99 Å². The van der Waals surface area contributed by atoms with Gasteiger partial charge < -0.3 is 18.8 Å². The van der Waals surface area contributed by atoms with E-state index in [0.717, 1.165) is 19.6 Å². The Morgan fingerprint density at radius 2 is 1.93 bits per heavy atom. The Morgan fingerprint density at radius 3 is 2.79 bits per heavy atom. The number of aromatic nitrogens is 1. The molecule has 0 atom stereocenters. The van der Waals surface area contributed by atoms with Crippen LogP contribution in [0, 0.1) is 0 Å². The molecule has 1 aliphatic carbocycles. The number of hydrogen-bond donors (Lipinski definition) is 0. The smallest absolute Gasteiger partial charge is 0.244 e. The molecule has 1 aromatic heterocycles. The lowest BCUT2D eigenvalue weighted by molar-refractivity contribution is 0.0949. The van der Waals surface area contributed by atoms with Gasteiger partial charge in [-0.2, -0.15) is 0 Å². The number of rotatable bonds is 4. The number of benzene rings is 1. The first-order chi connectivity index (χ1) is 13.7. The van der Waals surface area contributed by atoms with Crippen LogP contribution in [0.15, 0.2) is 27.6 Å². The topological polar surface area (TPSA) is 94.2 Å². The number of nitrogens with zero attached hydrogens (tertiary/aromatic N) is 3. The fourth-order valence-electron chi connectivity index (χ4n) is 3.72. The maximum atomic E-state index is 12.7. The van der Waals surface area contributed by atoms with Gasteiger partial charge in [0.1, 0.15) is 0 Å². The Labute approximate surface area is 161 Å². The minimum atomic E-state index is -0.351. The number of fused-ring (bicyclic) bond motifs is 2. The molecule has 8 nitrogen and oxygen atoms in total. The van der Waals surface area contributed by atoms with E-state index in [1.54, 1.807) is 18.2 Å². The van der Waals surface area contributed by atoms with Gasteiger partial charge in [-0.15, -0.1) is 0 Å². The van der Waals surface area contributed by atoms with E-state index in [1.807, 2.05) is 0 Å². The molecule has 0 radical (unpaired) electrons. The van der Waals surface area contributed by atoms with Crippen molar-refractivity contribution < 1.29 is 23.5 Å². The molecule has 0 saturated carbocycles. The van der Waals surface area contributed by atoms with Crippen molar-refractivity contribution in [3.8, 4) is 23.0 Å². The molecule has 1 saturated heterocycles. The molecule has 144 valence electrons. The summed E-state index contributed by atoms with van der Waals surface area (Å²) in [5.41, 5.74) is 0.952. The molecule has 0 unspecified atom stereocenters. The normalized spacial score (nSPS) is 20.2. The van der Waals surface area contributed by atoms with Crippen molar-refractivity contribution in [3.05, 3.63) is 29.7 Å². The summed E-state index contributed by atoms with van der Waals surface area (Å²) in [6, 6.07) is 5.22. The number of carbonyl (C=O) groups is 2. The first-order valence-corrected chi connectivity index (χ1v) is 9.43. The summed E-state index contributed by atoms with van der Waals surface area (Å²) in [6.45, 7) is 3.62. The summed E-state index contributed by atoms with van der Waals surface area (Å²) in [7, 11) is 0. The van der Waals surface area contributed by atoms with Gasteiger partial charge in [-0.3, -0.25) is 14.6 Å². The molecule has 0 amide bonds. The lowest BCUT2D eigenvalue weighted by Gasteiger charge is -2.13. The van der Waals surface area contributed by atoms with E-state index in [1.165, 1.54) is 12.8 Å². The van der Waals surface area contributed by atoms with Gasteiger partial charge in [-0.1, -0.05) is 0 Å². The van der Waals surface area contributed by atoms with Crippen molar-refractivity contribution in [1.82, 2.24) is 9.88 Å². The highest BCUT2D eigenvalue weighted by molar-refractivity contribution is 6.51. The van der Waals surface area contributed by atoms with Gasteiger partial charge in [-0.05, 0) is 44.1 Å². The SMILES string of the molecule is O=C1CC(=NCCN2CCCC2)C(=O)c2oc(-c3ccc4c(c3)OCO4)nc21. The number of ketones is 2. The minimum absolute atomic E-state index is 0.0242. The van der Waals surface area contributed by atoms with Crippen molar-refractivity contribution in [2.75, 3.05) is 33.0 Å². The van der Waals surface area contributed by atoms with Gasteiger partial charge in [0, 0.05) is 12.1 Å². The summed E-state index contributed by atoms with van der Waals surface area (Å²) < 4.78 is 16.3. The van der Waals surface area contributed by atoms with E-state index in [-0.39, 0.29) is 47.8 Å². The van der Waals surface area contributed by atoms with Gasteiger partial charge in [0.15, 0.2) is 23.0 Å². The number of carbonyl (C=O) groups excluding carboxylic acids is 2. The van der Waals surface area contributed by atoms with Crippen molar-refractivity contribution in [2.45, 2.75) is 19.3 Å². The first-order valence-electron chi connectivity index (χ1n) is 9.43. The average molecular weight is 381 g/mol. The Kier molecular flexibility index (Phi) is 4.20. The van der Waals surface area contributed by atoms with Crippen LogP contribution in [0.5, 0.6) is 11.5 Å². The van der Waals surface area contributed by atoms with Crippen LogP contribution in [0.4, 0.5) is 0 Å². The second-order valence-corrected chi connectivity index (χ2v) is 7.07. The summed E-state index contributed by atoms with van der Waals surface area (Å²) >= 11 is 0. The predicted octanol–water partition coefficient (Wildman–Crippen LogP) is 2.38. The zero-order valence-electron chi connectivity index (χ0n) is 15.3. The molecular formula is C20H19N3O5. The number of oxazole rings is 1. The van der Waals surface area contributed by atoms with E-state index in [2.05, 4.69) is 14.9 Å². The van der Waals surface area contributed by atoms with Gasteiger partial charge in [0.05, 0.1) is 18.7 Å². The summed E-state index contributed by atoms with van der Waals surface area (Å²) in [5.74, 6) is 0.808. The Bertz CT molecular complexity index is 988. The van der Waals surface area contributed by atoms with Crippen LogP contribution in [0.2, 0.25) is 0 Å². The molecule has 3 heterocycles. The second kappa shape index (κ2) is 6.87. The molecule has 0 bridgehead atoms. The Balaban J connectivity index is 1.38. The minimum Gasteiger partial charge on any atom is -0.454 e. The van der Waals surface area contributed by atoms with Crippen LogP contribution in [0.25, 0.3) is 11.5 Å². The molecule has 1 aromatic carbocycles. The molecule has 1 fully saturated rings. The Morgan fingerprint density at radius 1 is 1.11 bits per heavy atom. The van der Waals surface area contributed by atoms with Gasteiger partial charge in [0.2, 0.25) is 24.2 Å². The monoisotopic (exact) mass is 381 g/mol. The standard InChI is InChI=1S/C20H19N3O5/c24-14-10-13(21-5-8-23-6-1-2-7-23)18(25)19-17(14)22-20(28-19)12-3-4-15-16(9-12)27-11-26-15/h3-4,9H,1-2,5-8,10-11H2. The van der Waals surface area contributed by atoms with E-state index in [0.29, 0.717) is 23.6 Å². The lowest BCUT2D eigenvalue weighted by Crippen LogP contribution is -2.28. The summed E-state index contributed by atoms with van der Waals surface area (Å²) in [6.07, 6.45) is 2.38. The highest BCUT2D eigenvalue weighted by atomic mass is 16.7. The molecule has 28 heavy (non-hydrogen) atoms. The third-order valence-corrected chi connectivity index (χ3v) is 5.22. The zero-order chi connectivity index (χ0) is 19.1. The molecule has 8 heteroatoms. The molecule has 0 N–H and O–H groups in total. The van der Waals surface area contributed by atoms with Crippen LogP contribution < -0.4 is 9.47 Å². The van der Waals surface area contributed by atoms with Crippen molar-refractivity contribution in [3.63, 3.8) is 0 Å². The Hall–Kier alpha value is -3.00. The van der Waals surface area contributed by atoms with E-state index >= 15 is 0 Å². The summed E-state index contributed by atoms with van der Waals surface area (Å²) in [4.78, 5) is 36.2. The van der Waals surface area contributed by atoms with Crippen LogP contribution in [-0.4, -0.2) is 60.1 Å². The fraction of sp³-hybridized carbons (Fsp3) is 0.400. The molecule has 3 aliphatic rings. The van der Waals surface area contributed by atoms with Crippen LogP contribution in [0.1, 0.15) is 40.3 Å². The van der Waals surface area contributed by atoms with Crippen LogP contribution >= 0.6 is 0 Å². The van der Waals surface area contributed by atoms with Crippen molar-refractivity contribution in [1.29, 1.82) is 0 Å². The van der Waals surface area contributed by atoms with Gasteiger partial charge in [-0.25, -0.2) is 4.98 Å². The molecule has 2 aliphatic heterocycles. The van der Waals surface area contributed by atoms with Gasteiger partial charge in [0.25, 0.3) is 0 Å². The van der Waals surface area contributed by atoms with Crippen LogP contribution in [0.3, 0.4) is 0 Å². The van der Waals surface area contributed by atoms with Crippen molar-refractivity contribution >= 4 is 17.3 Å². The number of likely N-dealkylation sites (tertiary alicyclic amines) is 1. The summed E-state index contributed by atoms with van der Waals surface area (Å²) in [5, 5.41) is 0. The zero-order valence-corrected chi connectivity index (χ0v) is 15.3. The predicted molar refractivity (Wildman–Crippen MR) is 99.3 cm³/mol. The fourth-order valence-corrected chi connectivity index (χ4v) is 3.72. The number of Topliss-reactive ketones (excluding diaryl/α,β-unsaturated/α-hetero) is 2. The quantitative estimate of drug-likeness (QED) is 0.802. The lowest BCUT2D eigenvalue weighted by atomic mass is 9.97. The van der Waals surface area contributed by atoms with E-state index in [4.69, 9.17) is 13.9 Å². The maximum Gasteiger partial charge on any atom is 0.244 e. The largest absolute Gasteiger partial charge is 0.454 e. The molecule has 2 aromatic rings. The van der Waals surface area contributed by atoms with E-state index in [9.17, 15) is 9.59 Å². The number of ether oxygens (including phenoxy) is 2. The second-order valence-electron chi connectivity index (χ2n) is 7.07. The highest BCUT2D eigenvalue weighted by Gasteiger charge is 2.35. The van der Waals surface area contributed by atoms with Crippen LogP contribution in [-0.2, 0) is 0 Å². The first kappa shape index (κ1) is 17.1. The molecule has 0 spiro atoms. The molecular weight excluding hydrogens is 362 g/mol.